The third kappa shape index (κ3) is 4.42. The van der Waals surface area contributed by atoms with E-state index >= 15 is 0 Å². The van der Waals surface area contributed by atoms with Crippen LogP contribution in [0.15, 0.2) is 51.4 Å². The van der Waals surface area contributed by atoms with Crippen molar-refractivity contribution in [1.29, 1.82) is 0 Å². The van der Waals surface area contributed by atoms with Crippen LogP contribution in [0.1, 0.15) is 0 Å². The summed E-state index contributed by atoms with van der Waals surface area (Å²) in [5.41, 5.74) is 1.04. The summed E-state index contributed by atoms with van der Waals surface area (Å²) < 4.78 is 12.8. The topological polar surface area (TPSA) is 30.5 Å². The Morgan fingerprint density at radius 3 is 2.40 bits per heavy atom. The largest absolute Gasteiger partial charge is 0.497 e. The van der Waals surface area contributed by atoms with Gasteiger partial charge in [0.25, 0.3) is 0 Å². The first kappa shape index (κ1) is 15.2. The first-order chi connectivity index (χ1) is 9.69. The summed E-state index contributed by atoms with van der Waals surface area (Å²) in [5, 5.41) is 3.32. The molecule has 1 N–H and O–H groups in total. The summed E-state index contributed by atoms with van der Waals surface area (Å²) >= 11 is 6.96. The number of methoxy groups -OCH3 is 1. The quantitative estimate of drug-likeness (QED) is 0.712. The van der Waals surface area contributed by atoms with Crippen molar-refractivity contribution in [2.45, 2.75) is 0 Å². The molecule has 0 aliphatic heterocycles. The maximum Gasteiger partial charge on any atom is 0.119 e. The van der Waals surface area contributed by atoms with Crippen molar-refractivity contribution in [3.63, 3.8) is 0 Å². The molecular formula is C15H15Br2NO2. The Bertz CT molecular complexity index is 558. The SMILES string of the molecule is COc1ccc(OCCNc2cc(Br)ccc2Br)cc1. The molecule has 0 saturated heterocycles. The first-order valence-corrected chi connectivity index (χ1v) is 7.73. The molecule has 2 aromatic rings. The van der Waals surface area contributed by atoms with Gasteiger partial charge in [0.1, 0.15) is 18.1 Å². The number of nitrogens with one attached hydrogen (secondary N) is 1. The maximum atomic E-state index is 5.65. The van der Waals surface area contributed by atoms with Crippen LogP contribution in [-0.4, -0.2) is 20.3 Å². The zero-order chi connectivity index (χ0) is 14.4. The zero-order valence-electron chi connectivity index (χ0n) is 11.0. The highest BCUT2D eigenvalue weighted by Gasteiger charge is 2.00. The Balaban J connectivity index is 1.79. The lowest BCUT2D eigenvalue weighted by Gasteiger charge is -2.10. The maximum absolute atomic E-state index is 5.65. The summed E-state index contributed by atoms with van der Waals surface area (Å²) in [5.74, 6) is 1.66. The zero-order valence-corrected chi connectivity index (χ0v) is 14.2. The van der Waals surface area contributed by atoms with Crippen LogP contribution in [0.25, 0.3) is 0 Å². The molecule has 0 bridgehead atoms. The lowest BCUT2D eigenvalue weighted by molar-refractivity contribution is 0.331. The van der Waals surface area contributed by atoms with E-state index in [0.29, 0.717) is 6.61 Å². The molecule has 2 aromatic carbocycles. The van der Waals surface area contributed by atoms with E-state index in [9.17, 15) is 0 Å². The minimum Gasteiger partial charge on any atom is -0.497 e. The molecule has 0 amide bonds. The second kappa shape index (κ2) is 7.55. The highest BCUT2D eigenvalue weighted by atomic mass is 79.9. The van der Waals surface area contributed by atoms with Gasteiger partial charge in [-0.15, -0.1) is 0 Å². The van der Waals surface area contributed by atoms with Crippen LogP contribution >= 0.6 is 31.9 Å². The average molecular weight is 401 g/mol. The number of hydrogen-bond acceptors (Lipinski definition) is 3. The van der Waals surface area contributed by atoms with Gasteiger partial charge in [0.05, 0.1) is 7.11 Å². The number of halogens is 2. The van der Waals surface area contributed by atoms with Gasteiger partial charge in [-0.05, 0) is 58.4 Å². The summed E-state index contributed by atoms with van der Waals surface area (Å²) in [6.07, 6.45) is 0. The van der Waals surface area contributed by atoms with Crippen LogP contribution in [-0.2, 0) is 0 Å². The van der Waals surface area contributed by atoms with Crippen LogP contribution in [0.4, 0.5) is 5.69 Å². The number of benzene rings is 2. The highest BCUT2D eigenvalue weighted by molar-refractivity contribution is 9.11. The molecule has 0 saturated carbocycles. The summed E-state index contributed by atoms with van der Waals surface area (Å²) in [6, 6.07) is 13.6. The first-order valence-electron chi connectivity index (χ1n) is 6.15. The van der Waals surface area contributed by atoms with Crippen LogP contribution in [0.5, 0.6) is 11.5 Å². The van der Waals surface area contributed by atoms with Crippen LogP contribution in [0.2, 0.25) is 0 Å². The van der Waals surface area contributed by atoms with Gasteiger partial charge in [0, 0.05) is 21.2 Å². The van der Waals surface area contributed by atoms with Crippen molar-refractivity contribution in [3.05, 3.63) is 51.4 Å². The van der Waals surface area contributed by atoms with Gasteiger partial charge in [-0.25, -0.2) is 0 Å². The second-order valence-electron chi connectivity index (χ2n) is 4.07. The molecule has 2 rings (SSSR count). The molecule has 0 atom stereocenters. The minimum atomic E-state index is 0.589. The average Bonchev–Trinajstić information content (AvgIpc) is 2.47. The number of anilines is 1. The van der Waals surface area contributed by atoms with E-state index < -0.39 is 0 Å². The standard InChI is InChI=1S/C15H15Br2NO2/c1-19-12-3-5-13(6-4-12)20-9-8-18-15-10-11(16)2-7-14(15)17/h2-7,10,18H,8-9H2,1H3. The number of hydrogen-bond donors (Lipinski definition) is 1. The third-order valence-electron chi connectivity index (χ3n) is 2.67. The molecule has 20 heavy (non-hydrogen) atoms. The van der Waals surface area contributed by atoms with E-state index in [0.717, 1.165) is 32.7 Å². The highest BCUT2D eigenvalue weighted by Crippen LogP contribution is 2.26. The molecule has 0 aromatic heterocycles. The van der Waals surface area contributed by atoms with Gasteiger partial charge in [-0.1, -0.05) is 15.9 Å². The van der Waals surface area contributed by atoms with E-state index in [-0.39, 0.29) is 0 Å². The molecule has 0 spiro atoms. The molecule has 0 heterocycles. The number of rotatable bonds is 6. The molecule has 106 valence electrons. The molecule has 0 fully saturated rings. The lowest BCUT2D eigenvalue weighted by atomic mass is 10.3. The summed E-state index contributed by atoms with van der Waals surface area (Å²) in [7, 11) is 1.65. The van der Waals surface area contributed by atoms with Gasteiger partial charge in [-0.2, -0.15) is 0 Å². The van der Waals surface area contributed by atoms with Gasteiger partial charge >= 0.3 is 0 Å². The van der Waals surface area contributed by atoms with Gasteiger partial charge in [0.15, 0.2) is 0 Å². The smallest absolute Gasteiger partial charge is 0.119 e. The Labute approximate surface area is 135 Å². The van der Waals surface area contributed by atoms with Crippen LogP contribution < -0.4 is 14.8 Å². The lowest BCUT2D eigenvalue weighted by Crippen LogP contribution is -2.11. The molecule has 3 nitrogen and oxygen atoms in total. The van der Waals surface area contributed by atoms with Crippen molar-refractivity contribution in [1.82, 2.24) is 0 Å². The fourth-order valence-corrected chi connectivity index (χ4v) is 2.41. The molecule has 0 aliphatic rings. The van der Waals surface area contributed by atoms with Crippen LogP contribution in [0, 0.1) is 0 Å². The van der Waals surface area contributed by atoms with Gasteiger partial charge < -0.3 is 14.8 Å². The number of ether oxygens (including phenoxy) is 2. The van der Waals surface area contributed by atoms with E-state index in [1.54, 1.807) is 7.11 Å². The van der Waals surface area contributed by atoms with E-state index in [1.807, 2.05) is 42.5 Å². The van der Waals surface area contributed by atoms with Crippen LogP contribution in [0.3, 0.4) is 0 Å². The van der Waals surface area contributed by atoms with E-state index in [1.165, 1.54) is 0 Å². The Morgan fingerprint density at radius 2 is 1.70 bits per heavy atom. The minimum absolute atomic E-state index is 0.589. The van der Waals surface area contributed by atoms with Gasteiger partial charge in [-0.3, -0.25) is 0 Å². The Morgan fingerprint density at radius 1 is 1.00 bits per heavy atom. The van der Waals surface area contributed by atoms with Crippen molar-refractivity contribution in [2.75, 3.05) is 25.6 Å². The summed E-state index contributed by atoms with van der Waals surface area (Å²) in [6.45, 7) is 1.31. The van der Waals surface area contributed by atoms with Crippen molar-refractivity contribution >= 4 is 37.5 Å². The Kier molecular flexibility index (Phi) is 5.73. The second-order valence-corrected chi connectivity index (χ2v) is 5.84. The molecular weight excluding hydrogens is 386 g/mol. The van der Waals surface area contributed by atoms with Crippen molar-refractivity contribution in [2.24, 2.45) is 0 Å². The molecule has 0 radical (unpaired) electrons. The summed E-state index contributed by atoms with van der Waals surface area (Å²) in [4.78, 5) is 0. The predicted octanol–water partition coefficient (Wildman–Crippen LogP) is 4.71. The monoisotopic (exact) mass is 399 g/mol. The van der Waals surface area contributed by atoms with Crippen molar-refractivity contribution in [3.8, 4) is 11.5 Å². The van der Waals surface area contributed by atoms with Gasteiger partial charge in [0.2, 0.25) is 0 Å². The fourth-order valence-electron chi connectivity index (χ4n) is 1.66. The van der Waals surface area contributed by atoms with Crippen molar-refractivity contribution < 1.29 is 9.47 Å². The predicted molar refractivity (Wildman–Crippen MR) is 88.8 cm³/mol. The fraction of sp³-hybridized carbons (Fsp3) is 0.200. The molecule has 0 aliphatic carbocycles. The molecule has 0 unspecified atom stereocenters. The molecule has 5 heteroatoms. The van der Waals surface area contributed by atoms with E-state index in [4.69, 9.17) is 9.47 Å². The van der Waals surface area contributed by atoms with E-state index in [2.05, 4.69) is 37.2 Å². The third-order valence-corrected chi connectivity index (χ3v) is 3.86. The Hall–Kier alpha value is -1.20. The normalized spacial score (nSPS) is 10.2.